The summed E-state index contributed by atoms with van der Waals surface area (Å²) < 4.78 is 9.61. The summed E-state index contributed by atoms with van der Waals surface area (Å²) in [6.45, 7) is 0.169. The van der Waals surface area contributed by atoms with Crippen molar-refractivity contribution in [3.05, 3.63) is 33.9 Å². The molecule has 1 amide bonds. The molecule has 0 saturated carbocycles. The van der Waals surface area contributed by atoms with Gasteiger partial charge in [0.25, 0.3) is 0 Å². The molecule has 0 bridgehead atoms. The quantitative estimate of drug-likeness (QED) is 0.670. The molecule has 1 aliphatic rings. The number of carbonyl (C=O) groups is 1. The number of amides is 1. The highest BCUT2D eigenvalue weighted by Crippen LogP contribution is 2.30. The number of ether oxygens (including phenoxy) is 2. The van der Waals surface area contributed by atoms with Crippen LogP contribution in [0.2, 0.25) is 0 Å². The molecule has 1 aromatic carbocycles. The summed E-state index contributed by atoms with van der Waals surface area (Å²) >= 11 is 0. The fourth-order valence-electron chi connectivity index (χ4n) is 1.63. The lowest BCUT2D eigenvalue weighted by molar-refractivity contribution is -0.385. The highest BCUT2D eigenvalue weighted by atomic mass is 35.5. The van der Waals surface area contributed by atoms with Crippen LogP contribution in [0, 0.1) is 10.1 Å². The van der Waals surface area contributed by atoms with E-state index in [4.69, 9.17) is 9.47 Å². The zero-order chi connectivity index (χ0) is 12.4. The zero-order valence-corrected chi connectivity index (χ0v) is 10.2. The molecule has 1 heterocycles. The molecule has 1 N–H and O–H groups in total. The Balaban J connectivity index is 0.00000162. The Labute approximate surface area is 109 Å². The van der Waals surface area contributed by atoms with Gasteiger partial charge in [0.1, 0.15) is 6.61 Å². The summed E-state index contributed by atoms with van der Waals surface area (Å²) in [5.74, 6) is 0.184. The van der Waals surface area contributed by atoms with Crippen molar-refractivity contribution in [2.75, 3.05) is 13.7 Å². The average molecular weight is 275 g/mol. The standard InChI is InChI=1S/C10H10N2O5.ClH/c1-16-9-3-2-6(4-8(9)12(14)15)7-5-17-10(13)11-7;/h2-4,7H,5H2,1H3,(H,11,13);1H/t7-;/m1./s1. The van der Waals surface area contributed by atoms with Crippen LogP contribution in [-0.2, 0) is 4.74 Å². The van der Waals surface area contributed by atoms with E-state index in [-0.39, 0.29) is 36.5 Å². The first-order chi connectivity index (χ1) is 8.11. The monoisotopic (exact) mass is 274 g/mol. The summed E-state index contributed by atoms with van der Waals surface area (Å²) in [5.41, 5.74) is 0.481. The van der Waals surface area contributed by atoms with Crippen LogP contribution in [0.15, 0.2) is 18.2 Å². The molecule has 0 aromatic heterocycles. The lowest BCUT2D eigenvalue weighted by Gasteiger charge is -2.08. The van der Waals surface area contributed by atoms with E-state index in [1.165, 1.54) is 19.2 Å². The number of methoxy groups -OCH3 is 1. The summed E-state index contributed by atoms with van der Waals surface area (Å²) in [6.07, 6.45) is -0.520. The molecule has 1 atom stereocenters. The number of carbonyl (C=O) groups excluding carboxylic acids is 1. The van der Waals surface area contributed by atoms with Crippen LogP contribution in [-0.4, -0.2) is 24.7 Å². The Morgan fingerprint density at radius 2 is 2.28 bits per heavy atom. The SMILES string of the molecule is COc1ccc([C@H]2COC(=O)N2)cc1[N+](=O)[O-].Cl. The van der Waals surface area contributed by atoms with Gasteiger partial charge in [-0.3, -0.25) is 10.1 Å². The van der Waals surface area contributed by atoms with Crippen LogP contribution in [0.5, 0.6) is 5.75 Å². The van der Waals surface area contributed by atoms with Gasteiger partial charge < -0.3 is 14.8 Å². The summed E-state index contributed by atoms with van der Waals surface area (Å²) in [7, 11) is 1.36. The van der Waals surface area contributed by atoms with E-state index in [2.05, 4.69) is 5.32 Å². The predicted molar refractivity (Wildman–Crippen MR) is 64.1 cm³/mol. The van der Waals surface area contributed by atoms with Crippen LogP contribution >= 0.6 is 12.4 Å². The van der Waals surface area contributed by atoms with Crippen LogP contribution in [0.1, 0.15) is 11.6 Å². The van der Waals surface area contributed by atoms with E-state index in [1.807, 2.05) is 0 Å². The Morgan fingerprint density at radius 3 is 2.78 bits per heavy atom. The van der Waals surface area contributed by atoms with Gasteiger partial charge in [-0.2, -0.15) is 0 Å². The third-order valence-electron chi connectivity index (χ3n) is 2.48. The number of hydrogen-bond donors (Lipinski definition) is 1. The maximum absolute atomic E-state index is 10.9. The molecule has 18 heavy (non-hydrogen) atoms. The molecule has 1 saturated heterocycles. The molecule has 8 heteroatoms. The van der Waals surface area contributed by atoms with Crippen LogP contribution < -0.4 is 10.1 Å². The molecule has 0 unspecified atom stereocenters. The Hall–Kier alpha value is -2.02. The zero-order valence-electron chi connectivity index (χ0n) is 9.41. The van der Waals surface area contributed by atoms with Crippen molar-refractivity contribution in [2.24, 2.45) is 0 Å². The van der Waals surface area contributed by atoms with E-state index >= 15 is 0 Å². The van der Waals surface area contributed by atoms with Gasteiger partial charge in [-0.05, 0) is 11.6 Å². The van der Waals surface area contributed by atoms with Gasteiger partial charge in [-0.25, -0.2) is 4.79 Å². The van der Waals surface area contributed by atoms with E-state index in [9.17, 15) is 14.9 Å². The molecule has 7 nitrogen and oxygen atoms in total. The number of halogens is 1. The Bertz CT molecular complexity index is 479. The minimum absolute atomic E-state index is 0. The summed E-state index contributed by atoms with van der Waals surface area (Å²) in [5, 5.41) is 13.4. The number of nitrogens with zero attached hydrogens (tertiary/aromatic N) is 1. The largest absolute Gasteiger partial charge is 0.490 e. The van der Waals surface area contributed by atoms with Crippen LogP contribution in [0.4, 0.5) is 10.5 Å². The minimum Gasteiger partial charge on any atom is -0.490 e. The predicted octanol–water partition coefficient (Wildman–Crippen LogP) is 1.81. The summed E-state index contributed by atoms with van der Waals surface area (Å²) in [6, 6.07) is 4.18. The van der Waals surface area contributed by atoms with Gasteiger partial charge in [0.05, 0.1) is 18.1 Å². The van der Waals surface area contributed by atoms with Gasteiger partial charge in [-0.15, -0.1) is 12.4 Å². The molecule has 0 spiro atoms. The first-order valence-corrected chi connectivity index (χ1v) is 4.87. The van der Waals surface area contributed by atoms with E-state index in [0.717, 1.165) is 0 Å². The van der Waals surface area contributed by atoms with Gasteiger partial charge in [-0.1, -0.05) is 6.07 Å². The second-order valence-corrected chi connectivity index (χ2v) is 3.48. The van der Waals surface area contributed by atoms with E-state index in [1.54, 1.807) is 6.07 Å². The van der Waals surface area contributed by atoms with Gasteiger partial charge in [0.2, 0.25) is 0 Å². The van der Waals surface area contributed by atoms with Crippen molar-refractivity contribution in [1.29, 1.82) is 0 Å². The third kappa shape index (κ3) is 2.62. The van der Waals surface area contributed by atoms with Crippen molar-refractivity contribution in [2.45, 2.75) is 6.04 Å². The second-order valence-electron chi connectivity index (χ2n) is 3.48. The summed E-state index contributed by atoms with van der Waals surface area (Å²) in [4.78, 5) is 21.2. The van der Waals surface area contributed by atoms with E-state index in [0.29, 0.717) is 5.56 Å². The van der Waals surface area contributed by atoms with Crippen LogP contribution in [0.3, 0.4) is 0 Å². The number of hydrogen-bond acceptors (Lipinski definition) is 5. The second kappa shape index (κ2) is 5.54. The maximum Gasteiger partial charge on any atom is 0.407 e. The first-order valence-electron chi connectivity index (χ1n) is 4.87. The van der Waals surface area contributed by atoms with Crippen molar-refractivity contribution >= 4 is 24.2 Å². The molecular formula is C10H11ClN2O5. The number of rotatable bonds is 3. The fourth-order valence-corrected chi connectivity index (χ4v) is 1.63. The Morgan fingerprint density at radius 1 is 1.56 bits per heavy atom. The number of benzene rings is 1. The average Bonchev–Trinajstić information content (AvgIpc) is 2.75. The highest BCUT2D eigenvalue weighted by molar-refractivity contribution is 5.85. The lowest BCUT2D eigenvalue weighted by atomic mass is 10.1. The molecule has 1 aliphatic heterocycles. The highest BCUT2D eigenvalue weighted by Gasteiger charge is 2.26. The first kappa shape index (κ1) is 14.0. The van der Waals surface area contributed by atoms with Crippen molar-refractivity contribution < 1.29 is 19.2 Å². The number of cyclic esters (lactones) is 1. The lowest BCUT2D eigenvalue weighted by Crippen LogP contribution is -2.18. The normalized spacial score (nSPS) is 17.4. The minimum atomic E-state index is -0.528. The number of nitro benzene ring substituents is 1. The fraction of sp³-hybridized carbons (Fsp3) is 0.300. The van der Waals surface area contributed by atoms with Crippen LogP contribution in [0.25, 0.3) is 0 Å². The third-order valence-corrected chi connectivity index (χ3v) is 2.48. The topological polar surface area (TPSA) is 90.7 Å². The maximum atomic E-state index is 10.9. The number of nitro groups is 1. The molecule has 1 fully saturated rings. The molecule has 0 radical (unpaired) electrons. The van der Waals surface area contributed by atoms with Crippen molar-refractivity contribution in [1.82, 2.24) is 5.32 Å². The van der Waals surface area contributed by atoms with Gasteiger partial charge in [0, 0.05) is 6.07 Å². The van der Waals surface area contributed by atoms with Crippen molar-refractivity contribution in [3.63, 3.8) is 0 Å². The van der Waals surface area contributed by atoms with Gasteiger partial charge in [0.15, 0.2) is 5.75 Å². The number of nitrogens with one attached hydrogen (secondary N) is 1. The molecule has 98 valence electrons. The van der Waals surface area contributed by atoms with Gasteiger partial charge >= 0.3 is 11.8 Å². The molecule has 2 rings (SSSR count). The van der Waals surface area contributed by atoms with Crippen molar-refractivity contribution in [3.8, 4) is 5.75 Å². The molecule has 1 aromatic rings. The molecule has 0 aliphatic carbocycles. The smallest absolute Gasteiger partial charge is 0.407 e. The number of alkyl carbamates (subject to hydrolysis) is 1. The molecular weight excluding hydrogens is 264 g/mol. The van der Waals surface area contributed by atoms with E-state index < -0.39 is 11.0 Å². The Kier molecular flexibility index (Phi) is 4.33.